The van der Waals surface area contributed by atoms with Gasteiger partial charge < -0.3 is 5.32 Å². The Bertz CT molecular complexity index is 196. The van der Waals surface area contributed by atoms with Crippen LogP contribution in [0.2, 0.25) is 0 Å². The molecule has 1 amide bonds. The van der Waals surface area contributed by atoms with Gasteiger partial charge in [0.25, 0.3) is 0 Å². The number of carbonyl (C=O) groups is 1. The molecule has 0 bridgehead atoms. The average Bonchev–Trinajstić information content (AvgIpc) is 2.13. The molecule has 1 aliphatic heterocycles. The molecule has 1 heterocycles. The van der Waals surface area contributed by atoms with Crippen LogP contribution >= 0.6 is 0 Å². The van der Waals surface area contributed by atoms with Crippen molar-refractivity contribution in [2.75, 3.05) is 0 Å². The summed E-state index contributed by atoms with van der Waals surface area (Å²) in [7, 11) is 0. The molecule has 1 N–H and O–H groups in total. The highest BCUT2D eigenvalue weighted by Gasteiger charge is 2.13. The van der Waals surface area contributed by atoms with Crippen molar-refractivity contribution < 1.29 is 4.79 Å². The van der Waals surface area contributed by atoms with Crippen LogP contribution in [0.15, 0.2) is 11.6 Å². The minimum absolute atomic E-state index is 0.0865. The number of carbonyl (C=O) groups excluding carboxylic acids is 1. The van der Waals surface area contributed by atoms with E-state index in [0.29, 0.717) is 6.04 Å². The number of amides is 1. The zero-order valence-corrected chi connectivity index (χ0v) is 7.89. The van der Waals surface area contributed by atoms with Crippen molar-refractivity contribution in [3.63, 3.8) is 0 Å². The van der Waals surface area contributed by atoms with Gasteiger partial charge in [-0.2, -0.15) is 0 Å². The molecule has 0 saturated heterocycles. The maximum atomic E-state index is 11.2. The summed E-state index contributed by atoms with van der Waals surface area (Å²) in [5.74, 6) is 0.0865. The van der Waals surface area contributed by atoms with Gasteiger partial charge in [0.15, 0.2) is 0 Å². The molecular weight excluding hydrogens is 150 g/mol. The van der Waals surface area contributed by atoms with Crippen LogP contribution in [0.4, 0.5) is 0 Å². The lowest BCUT2D eigenvalue weighted by Gasteiger charge is -2.13. The van der Waals surface area contributed by atoms with E-state index in [2.05, 4.69) is 12.2 Å². The molecule has 1 atom stereocenters. The summed E-state index contributed by atoms with van der Waals surface area (Å²) < 4.78 is 0. The van der Waals surface area contributed by atoms with Crippen molar-refractivity contribution in [2.45, 2.75) is 45.6 Å². The number of allylic oxidation sites excluding steroid dienone is 1. The van der Waals surface area contributed by atoms with Crippen molar-refractivity contribution in [3.8, 4) is 0 Å². The Hall–Kier alpha value is -0.790. The smallest absolute Gasteiger partial charge is 0.244 e. The summed E-state index contributed by atoms with van der Waals surface area (Å²) in [6.45, 7) is 4.17. The number of hydrogen-bond donors (Lipinski definition) is 1. The molecule has 0 aliphatic carbocycles. The molecule has 0 aromatic rings. The van der Waals surface area contributed by atoms with Crippen LogP contribution in [-0.2, 0) is 4.79 Å². The predicted molar refractivity (Wildman–Crippen MR) is 49.8 cm³/mol. The topological polar surface area (TPSA) is 29.1 Å². The standard InChI is InChI=1S/C10H17NO/c1-3-4-9-6-5-8(2)7-10(12)11-9/h7,9H,3-6H2,1-2H3,(H,11,12). The van der Waals surface area contributed by atoms with Gasteiger partial charge in [0, 0.05) is 12.1 Å². The van der Waals surface area contributed by atoms with Gasteiger partial charge in [0.1, 0.15) is 0 Å². The fourth-order valence-corrected chi connectivity index (χ4v) is 1.58. The monoisotopic (exact) mass is 167 g/mol. The highest BCUT2D eigenvalue weighted by atomic mass is 16.1. The maximum Gasteiger partial charge on any atom is 0.244 e. The summed E-state index contributed by atoms with van der Waals surface area (Å²) in [5.41, 5.74) is 1.20. The van der Waals surface area contributed by atoms with Crippen molar-refractivity contribution in [2.24, 2.45) is 0 Å². The van der Waals surface area contributed by atoms with E-state index in [9.17, 15) is 4.79 Å². The second kappa shape index (κ2) is 4.29. The first kappa shape index (κ1) is 9.30. The fourth-order valence-electron chi connectivity index (χ4n) is 1.58. The average molecular weight is 167 g/mol. The minimum Gasteiger partial charge on any atom is -0.350 e. The first-order valence-electron chi connectivity index (χ1n) is 4.70. The Morgan fingerprint density at radius 2 is 2.42 bits per heavy atom. The summed E-state index contributed by atoms with van der Waals surface area (Å²) in [6.07, 6.45) is 6.12. The lowest BCUT2D eigenvalue weighted by atomic mass is 10.0. The van der Waals surface area contributed by atoms with Gasteiger partial charge in [-0.25, -0.2) is 0 Å². The molecule has 0 fully saturated rings. The third-order valence-electron chi connectivity index (χ3n) is 2.25. The van der Waals surface area contributed by atoms with E-state index in [-0.39, 0.29) is 5.91 Å². The third-order valence-corrected chi connectivity index (χ3v) is 2.25. The molecule has 0 saturated carbocycles. The summed E-state index contributed by atoms with van der Waals surface area (Å²) >= 11 is 0. The zero-order chi connectivity index (χ0) is 8.97. The molecular formula is C10H17NO. The highest BCUT2D eigenvalue weighted by Crippen LogP contribution is 2.13. The first-order valence-corrected chi connectivity index (χ1v) is 4.70. The lowest BCUT2D eigenvalue weighted by molar-refractivity contribution is -0.117. The fraction of sp³-hybridized carbons (Fsp3) is 0.700. The molecule has 1 unspecified atom stereocenters. The molecule has 1 aliphatic rings. The van der Waals surface area contributed by atoms with Crippen molar-refractivity contribution in [1.82, 2.24) is 5.32 Å². The first-order chi connectivity index (χ1) is 5.72. The normalized spacial score (nSPS) is 24.3. The van der Waals surface area contributed by atoms with Crippen molar-refractivity contribution in [1.29, 1.82) is 0 Å². The van der Waals surface area contributed by atoms with Crippen molar-refractivity contribution >= 4 is 5.91 Å². The molecule has 68 valence electrons. The molecule has 12 heavy (non-hydrogen) atoms. The van der Waals surface area contributed by atoms with Crippen LogP contribution in [-0.4, -0.2) is 11.9 Å². The van der Waals surface area contributed by atoms with Gasteiger partial charge in [0.05, 0.1) is 0 Å². The van der Waals surface area contributed by atoms with Crippen LogP contribution in [0.1, 0.15) is 39.5 Å². The van der Waals surface area contributed by atoms with Crippen molar-refractivity contribution in [3.05, 3.63) is 11.6 Å². The van der Waals surface area contributed by atoms with E-state index in [1.807, 2.05) is 6.92 Å². The Balaban J connectivity index is 2.49. The third kappa shape index (κ3) is 2.68. The molecule has 0 aromatic heterocycles. The van der Waals surface area contributed by atoms with E-state index in [1.165, 1.54) is 5.57 Å². The maximum absolute atomic E-state index is 11.2. The minimum atomic E-state index is 0.0865. The zero-order valence-electron chi connectivity index (χ0n) is 7.89. The van der Waals surface area contributed by atoms with Gasteiger partial charge in [-0.3, -0.25) is 4.79 Å². The SMILES string of the molecule is CCCC1CCC(C)=CC(=O)N1. The number of hydrogen-bond acceptors (Lipinski definition) is 1. The molecule has 0 aromatic carbocycles. The van der Waals surface area contributed by atoms with E-state index >= 15 is 0 Å². The van der Waals surface area contributed by atoms with Gasteiger partial charge in [0.2, 0.25) is 5.91 Å². The van der Waals surface area contributed by atoms with E-state index in [1.54, 1.807) is 6.08 Å². The van der Waals surface area contributed by atoms with E-state index in [4.69, 9.17) is 0 Å². The van der Waals surface area contributed by atoms with Crippen LogP contribution in [0.25, 0.3) is 0 Å². The Kier molecular flexibility index (Phi) is 3.32. The Morgan fingerprint density at radius 1 is 1.67 bits per heavy atom. The van der Waals surface area contributed by atoms with Crippen LogP contribution < -0.4 is 5.32 Å². The Labute approximate surface area is 74.0 Å². The van der Waals surface area contributed by atoms with Crippen LogP contribution in [0, 0.1) is 0 Å². The Morgan fingerprint density at radius 3 is 3.08 bits per heavy atom. The molecule has 0 radical (unpaired) electrons. The second-order valence-electron chi connectivity index (χ2n) is 3.52. The van der Waals surface area contributed by atoms with Crippen LogP contribution in [0.3, 0.4) is 0 Å². The molecule has 1 rings (SSSR count). The van der Waals surface area contributed by atoms with Gasteiger partial charge in [-0.1, -0.05) is 18.9 Å². The lowest BCUT2D eigenvalue weighted by Crippen LogP contribution is -2.32. The predicted octanol–water partition coefficient (Wildman–Crippen LogP) is 2.01. The van der Waals surface area contributed by atoms with E-state index < -0.39 is 0 Å². The molecule has 2 nitrogen and oxygen atoms in total. The number of rotatable bonds is 2. The van der Waals surface area contributed by atoms with Gasteiger partial charge in [-0.15, -0.1) is 0 Å². The second-order valence-corrected chi connectivity index (χ2v) is 3.52. The van der Waals surface area contributed by atoms with Gasteiger partial charge in [-0.05, 0) is 26.2 Å². The van der Waals surface area contributed by atoms with Crippen LogP contribution in [0.5, 0.6) is 0 Å². The quantitative estimate of drug-likeness (QED) is 0.669. The summed E-state index contributed by atoms with van der Waals surface area (Å²) in [6, 6.07) is 0.399. The summed E-state index contributed by atoms with van der Waals surface area (Å²) in [4.78, 5) is 11.2. The molecule has 0 spiro atoms. The van der Waals surface area contributed by atoms with E-state index in [0.717, 1.165) is 25.7 Å². The summed E-state index contributed by atoms with van der Waals surface area (Å²) in [5, 5.41) is 2.99. The largest absolute Gasteiger partial charge is 0.350 e. The highest BCUT2D eigenvalue weighted by molar-refractivity contribution is 5.88. The number of nitrogens with one attached hydrogen (secondary N) is 1. The molecule has 2 heteroatoms. The van der Waals surface area contributed by atoms with Gasteiger partial charge >= 0.3 is 0 Å².